The van der Waals surface area contributed by atoms with E-state index in [1.54, 1.807) is 0 Å². The molecule has 0 spiro atoms. The number of carbonyl (C=O) groups is 1. The Morgan fingerprint density at radius 3 is 2.46 bits per heavy atom. The number of unbranched alkanes of at least 4 members (excludes halogenated alkanes) is 1. The molecular weight excluding hydrogens is 440 g/mol. The van der Waals surface area contributed by atoms with Crippen LogP contribution in [0.3, 0.4) is 0 Å². The molecule has 1 heterocycles. The molecule has 1 saturated carbocycles. The number of aryl methyl sites for hydroxylation is 1. The van der Waals surface area contributed by atoms with E-state index in [4.69, 9.17) is 14.7 Å². The lowest BCUT2D eigenvalue weighted by molar-refractivity contribution is 0.243. The number of hydrogen-bond acceptors (Lipinski definition) is 6. The number of nitrogens with zero attached hydrogens (tertiary/aromatic N) is 3. The van der Waals surface area contributed by atoms with E-state index in [1.165, 1.54) is 24.1 Å². The first-order valence-corrected chi connectivity index (χ1v) is 13.2. The Bertz CT molecular complexity index is 970. The van der Waals surface area contributed by atoms with E-state index in [0.717, 1.165) is 81.2 Å². The van der Waals surface area contributed by atoms with Gasteiger partial charge in [-0.3, -0.25) is 0 Å². The van der Waals surface area contributed by atoms with Gasteiger partial charge in [-0.25, -0.2) is 9.78 Å². The van der Waals surface area contributed by atoms with Gasteiger partial charge in [-0.05, 0) is 82.1 Å². The number of ether oxygens (including phenoxy) is 1. The van der Waals surface area contributed by atoms with E-state index in [9.17, 15) is 4.79 Å². The second-order valence-corrected chi connectivity index (χ2v) is 9.92. The normalized spacial score (nSPS) is 19.4. The van der Waals surface area contributed by atoms with Crippen LogP contribution in [-0.4, -0.2) is 48.8 Å². The molecule has 1 fully saturated rings. The zero-order valence-corrected chi connectivity index (χ0v) is 21.4. The Morgan fingerprint density at radius 1 is 1.03 bits per heavy atom. The van der Waals surface area contributed by atoms with Gasteiger partial charge in [0.05, 0.1) is 12.3 Å². The van der Waals surface area contributed by atoms with Crippen molar-refractivity contribution in [2.75, 3.05) is 36.2 Å². The van der Waals surface area contributed by atoms with Crippen molar-refractivity contribution >= 4 is 23.5 Å². The number of urea groups is 1. The van der Waals surface area contributed by atoms with Crippen LogP contribution in [-0.2, 0) is 12.8 Å². The summed E-state index contributed by atoms with van der Waals surface area (Å²) in [5.41, 5.74) is 3.27. The van der Waals surface area contributed by atoms with Crippen molar-refractivity contribution in [2.45, 2.75) is 83.2 Å². The average molecular weight is 481 g/mol. The largest absolute Gasteiger partial charge is 0.494 e. The molecule has 0 atom stereocenters. The first-order valence-electron chi connectivity index (χ1n) is 13.2. The fraction of sp³-hybridized carbons (Fsp3) is 0.593. The van der Waals surface area contributed by atoms with Gasteiger partial charge >= 0.3 is 6.03 Å². The van der Waals surface area contributed by atoms with Crippen molar-refractivity contribution in [2.24, 2.45) is 0 Å². The highest BCUT2D eigenvalue weighted by Gasteiger charge is 2.25. The SMILES string of the molecule is CCCCOc1ccc(NC(=O)NC2CCC(Nc3nc4c(c(N(C)C)n3)CCCC4)CC2)cc1. The van der Waals surface area contributed by atoms with Crippen LogP contribution in [0.25, 0.3) is 0 Å². The van der Waals surface area contributed by atoms with Crippen molar-refractivity contribution in [3.05, 3.63) is 35.5 Å². The summed E-state index contributed by atoms with van der Waals surface area (Å²) in [6.45, 7) is 2.86. The molecule has 0 aliphatic heterocycles. The zero-order chi connectivity index (χ0) is 24.6. The minimum Gasteiger partial charge on any atom is -0.494 e. The van der Waals surface area contributed by atoms with Gasteiger partial charge in [0.15, 0.2) is 0 Å². The molecular formula is C27H40N6O2. The summed E-state index contributed by atoms with van der Waals surface area (Å²) in [4.78, 5) is 24.3. The minimum absolute atomic E-state index is 0.158. The zero-order valence-electron chi connectivity index (χ0n) is 21.4. The molecule has 4 rings (SSSR count). The smallest absolute Gasteiger partial charge is 0.319 e. The average Bonchev–Trinajstić information content (AvgIpc) is 2.86. The number of rotatable bonds is 9. The van der Waals surface area contributed by atoms with Gasteiger partial charge in [-0.1, -0.05) is 13.3 Å². The number of amides is 2. The Morgan fingerprint density at radius 2 is 1.74 bits per heavy atom. The summed E-state index contributed by atoms with van der Waals surface area (Å²) in [7, 11) is 4.11. The molecule has 2 amide bonds. The fourth-order valence-corrected chi connectivity index (χ4v) is 4.89. The maximum Gasteiger partial charge on any atom is 0.319 e. The standard InChI is InChI=1S/C27H40N6O2/c1-4-5-18-35-22-16-14-21(15-17-22)30-27(34)29-20-12-10-19(11-13-20)28-26-31-24-9-7-6-8-23(24)25(32-26)33(2)3/h14-17,19-20H,4-13,18H2,1-3H3,(H,28,31,32)(H2,29,30,34). The molecule has 2 aliphatic rings. The summed E-state index contributed by atoms with van der Waals surface area (Å²) in [5, 5.41) is 9.64. The Kier molecular flexibility index (Phi) is 8.66. The summed E-state index contributed by atoms with van der Waals surface area (Å²) in [6.07, 6.45) is 10.5. The number of anilines is 3. The summed E-state index contributed by atoms with van der Waals surface area (Å²) >= 11 is 0. The third-order valence-corrected chi connectivity index (χ3v) is 6.86. The van der Waals surface area contributed by atoms with E-state index in [1.807, 2.05) is 24.3 Å². The maximum absolute atomic E-state index is 12.5. The van der Waals surface area contributed by atoms with Crippen molar-refractivity contribution in [1.29, 1.82) is 0 Å². The Hall–Kier alpha value is -3.03. The summed E-state index contributed by atoms with van der Waals surface area (Å²) < 4.78 is 5.68. The molecule has 0 bridgehead atoms. The van der Waals surface area contributed by atoms with Crippen LogP contribution < -0.4 is 25.6 Å². The monoisotopic (exact) mass is 480 g/mol. The van der Waals surface area contributed by atoms with Gasteiger partial charge in [0.1, 0.15) is 11.6 Å². The molecule has 0 unspecified atom stereocenters. The lowest BCUT2D eigenvalue weighted by Gasteiger charge is -2.30. The molecule has 2 aromatic rings. The van der Waals surface area contributed by atoms with Gasteiger partial charge in [0, 0.05) is 37.4 Å². The van der Waals surface area contributed by atoms with E-state index in [-0.39, 0.29) is 12.1 Å². The molecule has 1 aromatic heterocycles. The number of hydrogen-bond donors (Lipinski definition) is 3. The first kappa shape index (κ1) is 25.1. The highest BCUT2D eigenvalue weighted by molar-refractivity contribution is 5.89. The number of aromatic nitrogens is 2. The minimum atomic E-state index is -0.158. The van der Waals surface area contributed by atoms with E-state index in [0.29, 0.717) is 6.04 Å². The third-order valence-electron chi connectivity index (χ3n) is 6.86. The summed E-state index contributed by atoms with van der Waals surface area (Å²) in [6, 6.07) is 7.89. The predicted molar refractivity (Wildman–Crippen MR) is 142 cm³/mol. The highest BCUT2D eigenvalue weighted by atomic mass is 16.5. The van der Waals surface area contributed by atoms with Gasteiger partial charge in [-0.15, -0.1) is 0 Å². The molecule has 3 N–H and O–H groups in total. The van der Waals surface area contributed by atoms with Crippen LogP contribution in [0.1, 0.15) is 69.5 Å². The van der Waals surface area contributed by atoms with Crippen molar-refractivity contribution in [1.82, 2.24) is 15.3 Å². The topological polar surface area (TPSA) is 91.4 Å². The van der Waals surface area contributed by atoms with E-state index >= 15 is 0 Å². The van der Waals surface area contributed by atoms with Crippen molar-refractivity contribution in [3.8, 4) is 5.75 Å². The lowest BCUT2D eigenvalue weighted by atomic mass is 9.91. The number of benzene rings is 1. The first-order chi connectivity index (χ1) is 17.0. The Labute approximate surface area is 209 Å². The molecule has 190 valence electrons. The molecule has 8 nitrogen and oxygen atoms in total. The lowest BCUT2D eigenvalue weighted by Crippen LogP contribution is -2.42. The van der Waals surface area contributed by atoms with Crippen LogP contribution in [0.2, 0.25) is 0 Å². The summed E-state index contributed by atoms with van der Waals surface area (Å²) in [5.74, 6) is 2.62. The van der Waals surface area contributed by atoms with Crippen LogP contribution in [0.15, 0.2) is 24.3 Å². The van der Waals surface area contributed by atoms with Crippen LogP contribution in [0, 0.1) is 0 Å². The van der Waals surface area contributed by atoms with Gasteiger partial charge in [-0.2, -0.15) is 4.98 Å². The molecule has 0 saturated heterocycles. The van der Waals surface area contributed by atoms with Gasteiger partial charge < -0.3 is 25.6 Å². The number of carbonyl (C=O) groups excluding carboxylic acids is 1. The van der Waals surface area contributed by atoms with Crippen LogP contribution >= 0.6 is 0 Å². The van der Waals surface area contributed by atoms with Crippen LogP contribution in [0.5, 0.6) is 5.75 Å². The number of nitrogens with one attached hydrogen (secondary N) is 3. The molecule has 1 aromatic carbocycles. The van der Waals surface area contributed by atoms with Crippen molar-refractivity contribution < 1.29 is 9.53 Å². The molecule has 35 heavy (non-hydrogen) atoms. The molecule has 8 heteroatoms. The van der Waals surface area contributed by atoms with Crippen LogP contribution in [0.4, 0.5) is 22.2 Å². The maximum atomic E-state index is 12.5. The van der Waals surface area contributed by atoms with Crippen molar-refractivity contribution in [3.63, 3.8) is 0 Å². The Balaban J connectivity index is 1.23. The second-order valence-electron chi connectivity index (χ2n) is 9.92. The van der Waals surface area contributed by atoms with E-state index in [2.05, 4.69) is 41.9 Å². The fourth-order valence-electron chi connectivity index (χ4n) is 4.89. The predicted octanol–water partition coefficient (Wildman–Crippen LogP) is 5.15. The highest BCUT2D eigenvalue weighted by Crippen LogP contribution is 2.29. The quantitative estimate of drug-likeness (QED) is 0.430. The second kappa shape index (κ2) is 12.1. The molecule has 2 aliphatic carbocycles. The number of fused-ring (bicyclic) bond motifs is 1. The van der Waals surface area contributed by atoms with E-state index < -0.39 is 0 Å². The molecule has 0 radical (unpaired) electrons. The van der Waals surface area contributed by atoms with Gasteiger partial charge in [0.25, 0.3) is 0 Å². The third kappa shape index (κ3) is 6.99. The van der Waals surface area contributed by atoms with Gasteiger partial charge in [0.2, 0.25) is 5.95 Å².